The second-order valence-corrected chi connectivity index (χ2v) is 4.80. The second-order valence-electron chi connectivity index (χ2n) is 4.80. The highest BCUT2D eigenvalue weighted by Gasteiger charge is 2.24. The molecule has 0 spiro atoms. The summed E-state index contributed by atoms with van der Waals surface area (Å²) in [6.07, 6.45) is 1.10. The fourth-order valence-corrected chi connectivity index (χ4v) is 2.50. The zero-order valence-electron chi connectivity index (χ0n) is 11.3. The van der Waals surface area contributed by atoms with E-state index in [4.69, 9.17) is 4.74 Å². The quantitative estimate of drug-likeness (QED) is 0.647. The average Bonchev–Trinajstić information content (AvgIpc) is 2.87. The molecule has 1 heterocycles. The van der Waals surface area contributed by atoms with Gasteiger partial charge in [-0.05, 0) is 25.9 Å². The third kappa shape index (κ3) is 3.14. The van der Waals surface area contributed by atoms with Gasteiger partial charge in [0.05, 0.1) is 18.1 Å². The number of nitro groups is 1. The molecular formula is C13H19N3O3. The Bertz CT molecular complexity index is 464. The minimum absolute atomic E-state index is 0.0754. The number of nitro benzene ring substituents is 1. The molecule has 1 saturated heterocycles. The molecule has 6 heteroatoms. The van der Waals surface area contributed by atoms with Gasteiger partial charge in [-0.1, -0.05) is 0 Å². The van der Waals surface area contributed by atoms with Crippen molar-refractivity contribution in [2.45, 2.75) is 6.42 Å². The number of ether oxygens (including phenoxy) is 1. The molecule has 1 aliphatic rings. The number of anilines is 1. The van der Waals surface area contributed by atoms with Gasteiger partial charge in [-0.25, -0.2) is 0 Å². The maximum atomic E-state index is 10.9. The van der Waals surface area contributed by atoms with Crippen molar-refractivity contribution in [2.24, 2.45) is 5.92 Å². The number of rotatable bonds is 5. The number of hydrogen-bond donors (Lipinski definition) is 1. The highest BCUT2D eigenvalue weighted by atomic mass is 16.6. The van der Waals surface area contributed by atoms with E-state index in [2.05, 4.69) is 10.2 Å². The summed E-state index contributed by atoms with van der Waals surface area (Å²) in [6, 6.07) is 4.92. The maximum absolute atomic E-state index is 10.9. The van der Waals surface area contributed by atoms with Gasteiger partial charge in [0.1, 0.15) is 5.75 Å². The summed E-state index contributed by atoms with van der Waals surface area (Å²) in [5.41, 5.74) is 0.941. The molecule has 2 rings (SSSR count). The number of hydrogen-bond acceptors (Lipinski definition) is 5. The summed E-state index contributed by atoms with van der Waals surface area (Å²) in [5.74, 6) is 1.12. The van der Waals surface area contributed by atoms with Crippen LogP contribution >= 0.6 is 0 Å². The first-order valence-electron chi connectivity index (χ1n) is 6.37. The van der Waals surface area contributed by atoms with E-state index in [-0.39, 0.29) is 10.6 Å². The van der Waals surface area contributed by atoms with E-state index >= 15 is 0 Å². The van der Waals surface area contributed by atoms with Crippen LogP contribution < -0.4 is 15.0 Å². The Morgan fingerprint density at radius 3 is 2.95 bits per heavy atom. The molecule has 0 saturated carbocycles. The van der Waals surface area contributed by atoms with Crippen LogP contribution in [0.25, 0.3) is 0 Å². The van der Waals surface area contributed by atoms with Crippen molar-refractivity contribution in [3.05, 3.63) is 28.3 Å². The van der Waals surface area contributed by atoms with Gasteiger partial charge in [-0.2, -0.15) is 0 Å². The Kier molecular flexibility index (Phi) is 4.21. The lowest BCUT2D eigenvalue weighted by atomic mass is 10.1. The predicted octanol–water partition coefficient (Wildman–Crippen LogP) is 1.65. The number of nitrogens with one attached hydrogen (secondary N) is 1. The zero-order chi connectivity index (χ0) is 13.8. The van der Waals surface area contributed by atoms with E-state index < -0.39 is 0 Å². The summed E-state index contributed by atoms with van der Waals surface area (Å²) in [4.78, 5) is 12.7. The molecule has 1 aromatic rings. The number of non-ortho nitro benzene ring substituents is 1. The first-order valence-corrected chi connectivity index (χ1v) is 6.37. The van der Waals surface area contributed by atoms with Crippen molar-refractivity contribution in [1.82, 2.24) is 5.32 Å². The largest absolute Gasteiger partial charge is 0.496 e. The summed E-state index contributed by atoms with van der Waals surface area (Å²) in [7, 11) is 3.47. The minimum Gasteiger partial charge on any atom is -0.496 e. The summed E-state index contributed by atoms with van der Waals surface area (Å²) >= 11 is 0. The molecule has 19 heavy (non-hydrogen) atoms. The van der Waals surface area contributed by atoms with Gasteiger partial charge in [0.25, 0.3) is 5.69 Å². The van der Waals surface area contributed by atoms with Gasteiger partial charge in [-0.3, -0.25) is 10.1 Å². The maximum Gasteiger partial charge on any atom is 0.275 e. The summed E-state index contributed by atoms with van der Waals surface area (Å²) in [5, 5.41) is 14.1. The second kappa shape index (κ2) is 5.88. The van der Waals surface area contributed by atoms with Crippen LogP contribution in [-0.2, 0) is 0 Å². The molecule has 0 bridgehead atoms. The van der Waals surface area contributed by atoms with Crippen LogP contribution in [0.3, 0.4) is 0 Å². The predicted molar refractivity (Wildman–Crippen MR) is 73.9 cm³/mol. The third-order valence-corrected chi connectivity index (χ3v) is 3.47. The molecule has 6 nitrogen and oxygen atoms in total. The first-order chi connectivity index (χ1) is 9.13. The monoisotopic (exact) mass is 265 g/mol. The van der Waals surface area contributed by atoms with E-state index in [1.54, 1.807) is 6.07 Å². The minimum atomic E-state index is -0.382. The fourth-order valence-electron chi connectivity index (χ4n) is 2.50. The molecule has 0 aliphatic carbocycles. The Balaban J connectivity index is 2.20. The van der Waals surface area contributed by atoms with Crippen LogP contribution in [0.15, 0.2) is 18.2 Å². The van der Waals surface area contributed by atoms with E-state index in [1.165, 1.54) is 13.2 Å². The Morgan fingerprint density at radius 2 is 2.32 bits per heavy atom. The van der Waals surface area contributed by atoms with E-state index in [9.17, 15) is 10.1 Å². The van der Waals surface area contributed by atoms with Crippen molar-refractivity contribution < 1.29 is 9.66 Å². The lowest BCUT2D eigenvalue weighted by Gasteiger charge is -2.19. The van der Waals surface area contributed by atoms with Gasteiger partial charge < -0.3 is 15.0 Å². The number of nitrogens with zero attached hydrogens (tertiary/aromatic N) is 2. The lowest BCUT2D eigenvalue weighted by Crippen LogP contribution is -2.24. The number of methoxy groups -OCH3 is 1. The van der Waals surface area contributed by atoms with Gasteiger partial charge in [-0.15, -0.1) is 0 Å². The van der Waals surface area contributed by atoms with Gasteiger partial charge in [0.2, 0.25) is 0 Å². The van der Waals surface area contributed by atoms with Crippen LogP contribution in [0, 0.1) is 16.0 Å². The molecule has 1 atom stereocenters. The lowest BCUT2D eigenvalue weighted by molar-refractivity contribution is -0.384. The van der Waals surface area contributed by atoms with Crippen molar-refractivity contribution in [1.29, 1.82) is 0 Å². The first kappa shape index (κ1) is 13.6. The molecule has 0 aromatic heterocycles. The molecule has 1 unspecified atom stereocenters. The molecule has 1 aromatic carbocycles. The van der Waals surface area contributed by atoms with E-state index in [1.807, 2.05) is 13.1 Å². The molecular weight excluding hydrogens is 246 g/mol. The van der Waals surface area contributed by atoms with Crippen molar-refractivity contribution in [3.8, 4) is 5.75 Å². The third-order valence-electron chi connectivity index (χ3n) is 3.47. The van der Waals surface area contributed by atoms with Crippen LogP contribution in [0.2, 0.25) is 0 Å². The van der Waals surface area contributed by atoms with Crippen LogP contribution in [0.5, 0.6) is 5.75 Å². The Labute approximate surface area is 112 Å². The van der Waals surface area contributed by atoms with E-state index in [0.29, 0.717) is 11.7 Å². The van der Waals surface area contributed by atoms with Gasteiger partial charge in [0.15, 0.2) is 0 Å². The van der Waals surface area contributed by atoms with Gasteiger partial charge >= 0.3 is 0 Å². The van der Waals surface area contributed by atoms with Crippen LogP contribution in [0.1, 0.15) is 6.42 Å². The van der Waals surface area contributed by atoms with Gasteiger partial charge in [0, 0.05) is 30.9 Å². The molecule has 1 aliphatic heterocycles. The summed E-state index contributed by atoms with van der Waals surface area (Å²) < 4.78 is 5.14. The topological polar surface area (TPSA) is 67.6 Å². The molecule has 0 amide bonds. The molecule has 104 valence electrons. The average molecular weight is 265 g/mol. The molecule has 0 radical (unpaired) electrons. The molecule has 1 N–H and O–H groups in total. The Hall–Kier alpha value is -1.82. The van der Waals surface area contributed by atoms with Crippen LogP contribution in [-0.4, -0.2) is 38.7 Å². The highest BCUT2D eigenvalue weighted by molar-refractivity contribution is 5.58. The highest BCUT2D eigenvalue weighted by Crippen LogP contribution is 2.31. The normalized spacial score (nSPS) is 18.6. The SMILES string of the molecule is CNCC1CCN(c2cc(OC)cc([N+](=O)[O-])c2)C1. The standard InChI is InChI=1S/C13H19N3O3/c1-14-8-10-3-4-15(9-10)11-5-12(16(17)18)7-13(6-11)19-2/h5-7,10,14H,3-4,8-9H2,1-2H3. The van der Waals surface area contributed by atoms with Crippen LogP contribution in [0.4, 0.5) is 11.4 Å². The smallest absolute Gasteiger partial charge is 0.275 e. The molecule has 1 fully saturated rings. The van der Waals surface area contributed by atoms with Crippen molar-refractivity contribution in [2.75, 3.05) is 38.7 Å². The van der Waals surface area contributed by atoms with Crippen molar-refractivity contribution in [3.63, 3.8) is 0 Å². The zero-order valence-corrected chi connectivity index (χ0v) is 11.3. The van der Waals surface area contributed by atoms with E-state index in [0.717, 1.165) is 31.7 Å². The summed E-state index contributed by atoms with van der Waals surface area (Å²) in [6.45, 7) is 2.82. The fraction of sp³-hybridized carbons (Fsp3) is 0.538. The Morgan fingerprint density at radius 1 is 1.53 bits per heavy atom. The van der Waals surface area contributed by atoms with Crippen molar-refractivity contribution >= 4 is 11.4 Å². The number of benzene rings is 1.